The highest BCUT2D eigenvalue weighted by atomic mass is 16.5. The lowest BCUT2D eigenvalue weighted by Gasteiger charge is -2.29. The summed E-state index contributed by atoms with van der Waals surface area (Å²) in [7, 11) is 0. The van der Waals surface area contributed by atoms with Crippen LogP contribution in [0.2, 0.25) is 0 Å². The zero-order valence-corrected chi connectivity index (χ0v) is 15.7. The van der Waals surface area contributed by atoms with E-state index in [0.717, 1.165) is 37.2 Å². The van der Waals surface area contributed by atoms with E-state index in [2.05, 4.69) is 10.1 Å². The Morgan fingerprint density at radius 3 is 2.96 bits per heavy atom. The minimum absolute atomic E-state index is 0.0812. The average molecular weight is 370 g/mol. The van der Waals surface area contributed by atoms with Crippen LogP contribution in [0.4, 0.5) is 0 Å². The Bertz CT molecular complexity index is 815. The first-order valence-electron chi connectivity index (χ1n) is 9.79. The van der Waals surface area contributed by atoms with Crippen LogP contribution in [0.25, 0.3) is 0 Å². The topological polar surface area (TPSA) is 80.5 Å². The molecule has 3 heterocycles. The molecule has 1 atom stereocenters. The van der Waals surface area contributed by atoms with Crippen molar-refractivity contribution in [3.8, 4) is 5.88 Å². The summed E-state index contributed by atoms with van der Waals surface area (Å²) in [5.74, 6) is 0.622. The Kier molecular flexibility index (Phi) is 5.11. The van der Waals surface area contributed by atoms with Gasteiger partial charge in [-0.05, 0) is 50.3 Å². The number of hydrogen-bond acceptors (Lipinski definition) is 5. The van der Waals surface area contributed by atoms with E-state index in [1.54, 1.807) is 18.3 Å². The molecule has 2 aromatic heterocycles. The summed E-state index contributed by atoms with van der Waals surface area (Å²) >= 11 is 0. The number of aliphatic hydroxyl groups is 1. The first-order chi connectivity index (χ1) is 13.2. The molecule has 144 valence electrons. The SMILES string of the molecule is CCOc1ncccc1C(=O)N1CCCn2nc([C@@H](O)C3CCC3)cc2C1. The molecule has 0 spiro atoms. The summed E-state index contributed by atoms with van der Waals surface area (Å²) in [6.07, 6.45) is 5.27. The molecule has 0 radical (unpaired) electrons. The summed E-state index contributed by atoms with van der Waals surface area (Å²) in [5.41, 5.74) is 2.19. The van der Waals surface area contributed by atoms with Crippen LogP contribution in [-0.2, 0) is 13.1 Å². The molecule has 2 aliphatic rings. The van der Waals surface area contributed by atoms with Crippen LogP contribution < -0.4 is 4.74 Å². The van der Waals surface area contributed by atoms with Gasteiger partial charge in [0, 0.05) is 19.3 Å². The lowest BCUT2D eigenvalue weighted by Crippen LogP contribution is -2.31. The standard InChI is InChI=1S/C20H26N4O3/c1-2-27-19-16(8-4-9-21-19)20(26)23-10-5-11-24-15(13-23)12-17(22-24)18(25)14-6-3-7-14/h4,8-9,12,14,18,25H,2-3,5-7,10-11,13H2,1H3/t18-/m0/s1. The largest absolute Gasteiger partial charge is 0.477 e. The van der Waals surface area contributed by atoms with Crippen LogP contribution in [0.5, 0.6) is 5.88 Å². The molecular formula is C20H26N4O3. The number of fused-ring (bicyclic) bond motifs is 1. The number of carbonyl (C=O) groups excluding carboxylic acids is 1. The van der Waals surface area contributed by atoms with Crippen molar-refractivity contribution < 1.29 is 14.6 Å². The van der Waals surface area contributed by atoms with E-state index in [-0.39, 0.29) is 5.91 Å². The van der Waals surface area contributed by atoms with Crippen molar-refractivity contribution in [1.82, 2.24) is 19.7 Å². The van der Waals surface area contributed by atoms with E-state index in [9.17, 15) is 9.90 Å². The monoisotopic (exact) mass is 370 g/mol. The summed E-state index contributed by atoms with van der Waals surface area (Å²) in [4.78, 5) is 19.1. The molecule has 7 nitrogen and oxygen atoms in total. The van der Waals surface area contributed by atoms with Crippen LogP contribution in [0, 0.1) is 5.92 Å². The first kappa shape index (κ1) is 18.0. The molecule has 27 heavy (non-hydrogen) atoms. The predicted octanol–water partition coefficient (Wildman–Crippen LogP) is 2.56. The number of aliphatic hydroxyl groups excluding tert-OH is 1. The van der Waals surface area contributed by atoms with Crippen molar-refractivity contribution in [2.75, 3.05) is 13.2 Å². The van der Waals surface area contributed by atoms with Gasteiger partial charge in [0.15, 0.2) is 0 Å². The maximum Gasteiger partial charge on any atom is 0.259 e. The maximum absolute atomic E-state index is 13.1. The number of hydrogen-bond donors (Lipinski definition) is 1. The highest BCUT2D eigenvalue weighted by Gasteiger charge is 2.30. The van der Waals surface area contributed by atoms with Crippen molar-refractivity contribution in [2.45, 2.75) is 51.8 Å². The summed E-state index contributed by atoms with van der Waals surface area (Å²) in [6, 6.07) is 5.47. The van der Waals surface area contributed by atoms with Gasteiger partial charge in [0.25, 0.3) is 5.91 Å². The Morgan fingerprint density at radius 1 is 1.37 bits per heavy atom. The second-order valence-corrected chi connectivity index (χ2v) is 7.29. The average Bonchev–Trinajstić information content (AvgIpc) is 2.92. The highest BCUT2D eigenvalue weighted by Crippen LogP contribution is 2.37. The molecule has 2 aromatic rings. The van der Waals surface area contributed by atoms with Gasteiger partial charge in [-0.2, -0.15) is 5.10 Å². The first-order valence-corrected chi connectivity index (χ1v) is 9.79. The van der Waals surface area contributed by atoms with Gasteiger partial charge in [0.2, 0.25) is 5.88 Å². The number of carbonyl (C=O) groups is 1. The molecule has 1 fully saturated rings. The Morgan fingerprint density at radius 2 is 2.22 bits per heavy atom. The van der Waals surface area contributed by atoms with Crippen LogP contribution in [-0.4, -0.2) is 43.8 Å². The van der Waals surface area contributed by atoms with Gasteiger partial charge in [0.1, 0.15) is 11.7 Å². The normalized spacial score (nSPS) is 18.4. The fraction of sp³-hybridized carbons (Fsp3) is 0.550. The van der Waals surface area contributed by atoms with E-state index in [4.69, 9.17) is 4.74 Å². The molecule has 1 amide bonds. The minimum Gasteiger partial charge on any atom is -0.477 e. The maximum atomic E-state index is 13.1. The Balaban J connectivity index is 1.54. The van der Waals surface area contributed by atoms with Gasteiger partial charge in [0.05, 0.1) is 24.5 Å². The van der Waals surface area contributed by atoms with Gasteiger partial charge >= 0.3 is 0 Å². The second-order valence-electron chi connectivity index (χ2n) is 7.29. The lowest BCUT2D eigenvalue weighted by atomic mass is 9.80. The number of rotatable bonds is 5. The van der Waals surface area contributed by atoms with E-state index >= 15 is 0 Å². The third kappa shape index (κ3) is 3.56. The van der Waals surface area contributed by atoms with Crippen LogP contribution >= 0.6 is 0 Å². The van der Waals surface area contributed by atoms with Gasteiger partial charge < -0.3 is 14.7 Å². The molecule has 0 saturated heterocycles. The highest BCUT2D eigenvalue weighted by molar-refractivity contribution is 5.96. The predicted molar refractivity (Wildman–Crippen MR) is 99.3 cm³/mol. The molecule has 1 saturated carbocycles. The van der Waals surface area contributed by atoms with Crippen LogP contribution in [0.15, 0.2) is 24.4 Å². The number of amides is 1. The Labute approximate surface area is 159 Å². The number of pyridine rings is 1. The number of aryl methyl sites for hydroxylation is 1. The minimum atomic E-state index is -0.495. The quantitative estimate of drug-likeness (QED) is 0.875. The molecule has 1 N–H and O–H groups in total. The smallest absolute Gasteiger partial charge is 0.259 e. The van der Waals surface area contributed by atoms with Gasteiger partial charge in [-0.1, -0.05) is 6.42 Å². The van der Waals surface area contributed by atoms with Gasteiger partial charge in [-0.15, -0.1) is 0 Å². The van der Waals surface area contributed by atoms with Crippen molar-refractivity contribution in [3.05, 3.63) is 41.3 Å². The van der Waals surface area contributed by atoms with Crippen molar-refractivity contribution >= 4 is 5.91 Å². The summed E-state index contributed by atoms with van der Waals surface area (Å²) < 4.78 is 7.46. The molecule has 0 bridgehead atoms. The lowest BCUT2D eigenvalue weighted by molar-refractivity contribution is 0.0580. The Hall–Kier alpha value is -2.41. The number of aromatic nitrogens is 3. The molecule has 1 aliphatic carbocycles. The van der Waals surface area contributed by atoms with Crippen LogP contribution in [0.1, 0.15) is 60.5 Å². The van der Waals surface area contributed by atoms with E-state index < -0.39 is 6.10 Å². The molecule has 4 rings (SSSR count). The third-order valence-corrected chi connectivity index (χ3v) is 5.50. The number of ether oxygens (including phenoxy) is 1. The van der Waals surface area contributed by atoms with E-state index in [1.807, 2.05) is 22.6 Å². The third-order valence-electron chi connectivity index (χ3n) is 5.50. The molecule has 7 heteroatoms. The number of nitrogens with zero attached hydrogens (tertiary/aromatic N) is 4. The molecule has 0 unspecified atom stereocenters. The van der Waals surface area contributed by atoms with Crippen molar-refractivity contribution in [1.29, 1.82) is 0 Å². The molecular weight excluding hydrogens is 344 g/mol. The zero-order chi connectivity index (χ0) is 18.8. The van der Waals surface area contributed by atoms with Crippen LogP contribution in [0.3, 0.4) is 0 Å². The van der Waals surface area contributed by atoms with Gasteiger partial charge in [-0.25, -0.2) is 4.98 Å². The summed E-state index contributed by atoms with van der Waals surface area (Å²) in [6.45, 7) is 4.23. The van der Waals surface area contributed by atoms with Crippen molar-refractivity contribution in [2.24, 2.45) is 5.92 Å². The van der Waals surface area contributed by atoms with Gasteiger partial charge in [-0.3, -0.25) is 9.48 Å². The van der Waals surface area contributed by atoms with E-state index in [1.165, 1.54) is 6.42 Å². The van der Waals surface area contributed by atoms with Crippen molar-refractivity contribution in [3.63, 3.8) is 0 Å². The second kappa shape index (κ2) is 7.68. The fourth-order valence-corrected chi connectivity index (χ4v) is 3.78. The zero-order valence-electron chi connectivity index (χ0n) is 15.7. The molecule has 1 aliphatic heterocycles. The molecule has 0 aromatic carbocycles. The fourth-order valence-electron chi connectivity index (χ4n) is 3.78. The van der Waals surface area contributed by atoms with E-state index in [0.29, 0.717) is 37.1 Å². The summed E-state index contributed by atoms with van der Waals surface area (Å²) in [5, 5.41) is 15.1.